The molecule has 0 aliphatic carbocycles. The van der Waals surface area contributed by atoms with Crippen LogP contribution in [-0.2, 0) is 0 Å². The molecule has 3 rings (SSSR count). The van der Waals surface area contributed by atoms with Crippen LogP contribution >= 0.6 is 0 Å². The van der Waals surface area contributed by atoms with Crippen LogP contribution in [0.2, 0.25) is 0 Å². The molecule has 0 bridgehead atoms. The number of hydrogen-bond acceptors (Lipinski definition) is 5. The van der Waals surface area contributed by atoms with Gasteiger partial charge in [0.15, 0.2) is 0 Å². The highest BCUT2D eigenvalue weighted by Crippen LogP contribution is 2.27. The van der Waals surface area contributed by atoms with E-state index >= 15 is 0 Å². The van der Waals surface area contributed by atoms with Gasteiger partial charge in [-0.15, -0.1) is 0 Å². The summed E-state index contributed by atoms with van der Waals surface area (Å²) in [6.45, 7) is 8.10. The van der Waals surface area contributed by atoms with E-state index in [-0.39, 0.29) is 42.1 Å². The molecular formula is C28H35FN4O4. The van der Waals surface area contributed by atoms with Gasteiger partial charge in [0.1, 0.15) is 17.5 Å². The van der Waals surface area contributed by atoms with Gasteiger partial charge in [0.25, 0.3) is 5.91 Å². The minimum Gasteiger partial charge on any atom is -0.472 e. The van der Waals surface area contributed by atoms with Crippen molar-refractivity contribution in [1.29, 1.82) is 0 Å². The van der Waals surface area contributed by atoms with Gasteiger partial charge in [-0.2, -0.15) is 0 Å². The molecule has 2 aromatic rings. The van der Waals surface area contributed by atoms with Gasteiger partial charge in [0.05, 0.1) is 24.9 Å². The second-order valence-corrected chi connectivity index (χ2v) is 9.89. The fourth-order valence-electron chi connectivity index (χ4n) is 3.87. The second kappa shape index (κ2) is 12.5. The zero-order valence-electron chi connectivity index (χ0n) is 22.0. The average Bonchev–Trinajstić information content (AvgIpc) is 2.87. The number of halogens is 1. The number of para-hydroxylation sites is 1. The molecule has 1 aromatic carbocycles. The van der Waals surface area contributed by atoms with Crippen LogP contribution in [0.15, 0.2) is 36.5 Å². The molecule has 0 unspecified atom stereocenters. The zero-order valence-corrected chi connectivity index (χ0v) is 22.0. The van der Waals surface area contributed by atoms with Gasteiger partial charge in [-0.3, -0.25) is 4.79 Å². The van der Waals surface area contributed by atoms with Crippen molar-refractivity contribution in [2.75, 3.05) is 32.1 Å². The zero-order chi connectivity index (χ0) is 27.1. The van der Waals surface area contributed by atoms with Crippen LogP contribution < -0.4 is 10.1 Å². The number of nitrogens with one attached hydrogen (secondary N) is 1. The number of rotatable bonds is 6. The molecule has 1 aliphatic heterocycles. The monoisotopic (exact) mass is 510 g/mol. The van der Waals surface area contributed by atoms with Crippen molar-refractivity contribution in [3.05, 3.63) is 53.5 Å². The van der Waals surface area contributed by atoms with Crippen LogP contribution in [0.3, 0.4) is 0 Å². The van der Waals surface area contributed by atoms with Crippen molar-refractivity contribution < 1.29 is 23.8 Å². The predicted octanol–water partition coefficient (Wildman–Crippen LogP) is 4.00. The third-order valence-electron chi connectivity index (χ3n) is 6.18. The normalized spacial score (nSPS) is 18.1. The van der Waals surface area contributed by atoms with Gasteiger partial charge in [-0.05, 0) is 31.0 Å². The molecule has 1 aliphatic rings. The van der Waals surface area contributed by atoms with E-state index in [1.165, 1.54) is 17.0 Å². The Labute approximate surface area is 217 Å². The molecule has 0 radical (unpaired) electrons. The van der Waals surface area contributed by atoms with E-state index in [1.807, 2.05) is 6.92 Å². The third kappa shape index (κ3) is 7.20. The summed E-state index contributed by atoms with van der Waals surface area (Å²) in [5.41, 5.74) is 0.934. The van der Waals surface area contributed by atoms with Gasteiger partial charge in [-0.25, -0.2) is 14.2 Å². The largest absolute Gasteiger partial charge is 0.472 e. The highest BCUT2D eigenvalue weighted by atomic mass is 19.1. The van der Waals surface area contributed by atoms with Crippen molar-refractivity contribution in [1.82, 2.24) is 14.8 Å². The Bertz CT molecular complexity index is 1180. The first-order chi connectivity index (χ1) is 17.6. The van der Waals surface area contributed by atoms with E-state index in [0.717, 1.165) is 6.42 Å². The lowest BCUT2D eigenvalue weighted by molar-refractivity contribution is 0.0356. The van der Waals surface area contributed by atoms with Gasteiger partial charge in [0, 0.05) is 37.7 Å². The molecule has 0 saturated carbocycles. The summed E-state index contributed by atoms with van der Waals surface area (Å²) in [4.78, 5) is 33.7. The maximum Gasteiger partial charge on any atom is 0.321 e. The van der Waals surface area contributed by atoms with Crippen molar-refractivity contribution in [2.45, 2.75) is 46.3 Å². The Kier molecular flexibility index (Phi) is 9.48. The summed E-state index contributed by atoms with van der Waals surface area (Å²) in [6.07, 6.45) is 1.76. The number of amides is 3. The third-order valence-corrected chi connectivity index (χ3v) is 6.18. The Morgan fingerprint density at radius 3 is 2.76 bits per heavy atom. The number of nitrogens with zero attached hydrogens (tertiary/aromatic N) is 3. The van der Waals surface area contributed by atoms with Crippen LogP contribution in [0.5, 0.6) is 5.88 Å². The first-order valence-corrected chi connectivity index (χ1v) is 12.4. The average molecular weight is 511 g/mol. The molecule has 8 nitrogen and oxygen atoms in total. The highest BCUT2D eigenvalue weighted by molar-refractivity contribution is 5.97. The Balaban J connectivity index is 1.88. The molecule has 0 fully saturated rings. The van der Waals surface area contributed by atoms with Gasteiger partial charge in [-0.1, -0.05) is 44.7 Å². The van der Waals surface area contributed by atoms with E-state index in [1.54, 1.807) is 43.3 Å². The van der Waals surface area contributed by atoms with Crippen molar-refractivity contribution in [2.24, 2.45) is 11.8 Å². The number of aliphatic hydroxyl groups excluding tert-OH is 1. The van der Waals surface area contributed by atoms with Gasteiger partial charge >= 0.3 is 6.03 Å². The number of urea groups is 1. The van der Waals surface area contributed by atoms with Crippen LogP contribution in [0, 0.1) is 29.5 Å². The Morgan fingerprint density at radius 1 is 1.35 bits per heavy atom. The number of aromatic nitrogens is 1. The smallest absolute Gasteiger partial charge is 0.321 e. The van der Waals surface area contributed by atoms with Crippen molar-refractivity contribution in [3.63, 3.8) is 0 Å². The summed E-state index contributed by atoms with van der Waals surface area (Å²) >= 11 is 0. The highest BCUT2D eigenvalue weighted by Gasteiger charge is 2.34. The lowest BCUT2D eigenvalue weighted by Gasteiger charge is -2.37. The summed E-state index contributed by atoms with van der Waals surface area (Å²) in [5, 5.41) is 12.4. The topological polar surface area (TPSA) is 95.0 Å². The minimum absolute atomic E-state index is 0.0812. The quantitative estimate of drug-likeness (QED) is 0.573. The summed E-state index contributed by atoms with van der Waals surface area (Å²) in [7, 11) is 1.59. The van der Waals surface area contributed by atoms with Gasteiger partial charge in [0.2, 0.25) is 5.88 Å². The summed E-state index contributed by atoms with van der Waals surface area (Å²) in [6, 6.07) is 6.67. The second-order valence-electron chi connectivity index (χ2n) is 9.89. The maximum atomic E-state index is 14.0. The molecular weight excluding hydrogens is 475 g/mol. The minimum atomic E-state index is -0.530. The van der Waals surface area contributed by atoms with Crippen LogP contribution in [0.4, 0.5) is 14.9 Å². The molecule has 9 heteroatoms. The van der Waals surface area contributed by atoms with E-state index in [9.17, 15) is 19.1 Å². The lowest BCUT2D eigenvalue weighted by Crippen LogP contribution is -2.50. The predicted molar refractivity (Wildman–Crippen MR) is 140 cm³/mol. The standard InChI is InChI=1S/C28H35FN4O4/c1-18(2)9-8-10-21-13-22-26(30-14-21)37-25(19(3)15-33(27(22)35)20(4)17-34)16-32(5)28(36)31-24-12-7-6-11-23(24)29/h6-7,11-14,18-20,25,34H,9,15-17H2,1-5H3,(H,31,36)/t19-,20-,25-/m0/s1. The molecule has 2 N–H and O–H groups in total. The number of carbonyl (C=O) groups is 2. The van der Waals surface area contributed by atoms with Gasteiger partial charge < -0.3 is 25.0 Å². The number of ether oxygens (including phenoxy) is 1. The Morgan fingerprint density at radius 2 is 2.08 bits per heavy atom. The first-order valence-electron chi connectivity index (χ1n) is 12.4. The number of fused-ring (bicyclic) bond motifs is 1. The van der Waals surface area contributed by atoms with Crippen LogP contribution in [0.1, 0.15) is 50.0 Å². The molecule has 3 amide bonds. The van der Waals surface area contributed by atoms with Crippen molar-refractivity contribution in [3.8, 4) is 17.7 Å². The molecule has 198 valence electrons. The summed E-state index contributed by atoms with van der Waals surface area (Å²) < 4.78 is 20.2. The lowest BCUT2D eigenvalue weighted by atomic mass is 10.00. The molecule has 2 heterocycles. The van der Waals surface area contributed by atoms with E-state index < -0.39 is 24.0 Å². The number of benzene rings is 1. The maximum absolute atomic E-state index is 14.0. The number of carbonyl (C=O) groups excluding carboxylic acids is 2. The fourth-order valence-corrected chi connectivity index (χ4v) is 3.87. The number of anilines is 1. The molecule has 0 saturated heterocycles. The number of hydrogen-bond donors (Lipinski definition) is 2. The summed E-state index contributed by atoms with van der Waals surface area (Å²) in [5.74, 6) is 5.69. The van der Waals surface area contributed by atoms with E-state index in [0.29, 0.717) is 18.0 Å². The number of likely N-dealkylation sites (N-methyl/N-ethyl adjacent to an activating group) is 1. The number of pyridine rings is 1. The van der Waals surface area contributed by atoms with Crippen LogP contribution in [-0.4, -0.2) is 70.7 Å². The Hall–Kier alpha value is -3.64. The molecule has 0 spiro atoms. The van der Waals surface area contributed by atoms with E-state index in [4.69, 9.17) is 4.74 Å². The fraction of sp³-hybridized carbons (Fsp3) is 0.464. The molecule has 1 aromatic heterocycles. The SMILES string of the molecule is CC(C)CC#Cc1cnc2c(c1)C(=O)N([C@@H](C)CO)C[C@H](C)[C@H](CN(C)C(=O)Nc1ccccc1F)O2. The van der Waals surface area contributed by atoms with Crippen molar-refractivity contribution >= 4 is 17.6 Å². The first kappa shape index (κ1) is 27.9. The molecule has 37 heavy (non-hydrogen) atoms. The number of aliphatic hydroxyl groups is 1. The van der Waals surface area contributed by atoms with E-state index in [2.05, 4.69) is 36.0 Å². The molecule has 3 atom stereocenters. The van der Waals surface area contributed by atoms with Crippen LogP contribution in [0.25, 0.3) is 0 Å².